The van der Waals surface area contributed by atoms with Crippen LogP contribution in [0.5, 0.6) is 0 Å². The number of anilines is 1. The Morgan fingerprint density at radius 1 is 1.10 bits per heavy atom. The van der Waals surface area contributed by atoms with E-state index in [0.717, 1.165) is 0 Å². The second kappa shape index (κ2) is 5.96. The predicted molar refractivity (Wildman–Crippen MR) is 77.5 cm³/mol. The maximum atomic E-state index is 12.1. The van der Waals surface area contributed by atoms with E-state index >= 15 is 0 Å². The molecule has 0 bridgehead atoms. The minimum atomic E-state index is -0.610. The summed E-state index contributed by atoms with van der Waals surface area (Å²) in [6, 6.07) is 12.1. The van der Waals surface area contributed by atoms with Gasteiger partial charge in [0.1, 0.15) is 5.56 Å². The van der Waals surface area contributed by atoms with Gasteiger partial charge >= 0.3 is 0 Å². The Bertz CT molecular complexity index is 725. The molecule has 21 heavy (non-hydrogen) atoms. The van der Waals surface area contributed by atoms with Gasteiger partial charge in [-0.2, -0.15) is 0 Å². The molecule has 6 heteroatoms. The molecule has 0 spiro atoms. The van der Waals surface area contributed by atoms with Crippen LogP contribution in [-0.4, -0.2) is 16.6 Å². The quantitative estimate of drug-likeness (QED) is 0.531. The summed E-state index contributed by atoms with van der Waals surface area (Å²) >= 11 is 0. The van der Waals surface area contributed by atoms with Crippen LogP contribution in [0, 0.1) is 10.1 Å². The molecule has 6 nitrogen and oxygen atoms in total. The van der Waals surface area contributed by atoms with Crippen LogP contribution in [0.15, 0.2) is 48.5 Å². The van der Waals surface area contributed by atoms with E-state index < -0.39 is 10.8 Å². The highest BCUT2D eigenvalue weighted by molar-refractivity contribution is 6.07. The van der Waals surface area contributed by atoms with Gasteiger partial charge in [0.25, 0.3) is 11.6 Å². The number of nitrogens with one attached hydrogen (secondary N) is 1. The summed E-state index contributed by atoms with van der Waals surface area (Å²) < 4.78 is 0. The molecule has 0 radical (unpaired) electrons. The number of rotatable bonds is 4. The van der Waals surface area contributed by atoms with Crippen molar-refractivity contribution in [3.8, 4) is 0 Å². The summed E-state index contributed by atoms with van der Waals surface area (Å²) in [6.45, 7) is 1.42. The molecule has 1 amide bonds. The molecule has 1 N–H and O–H groups in total. The Morgan fingerprint density at radius 3 is 2.48 bits per heavy atom. The fourth-order valence-electron chi connectivity index (χ4n) is 1.84. The molecule has 2 aromatic rings. The minimum absolute atomic E-state index is 0.0317. The number of Topliss-reactive ketones (excluding diaryl/α,β-unsaturated/α-hetero) is 1. The van der Waals surface area contributed by atoms with E-state index in [9.17, 15) is 19.7 Å². The lowest BCUT2D eigenvalue weighted by molar-refractivity contribution is -0.385. The van der Waals surface area contributed by atoms with Gasteiger partial charge < -0.3 is 5.32 Å². The smallest absolute Gasteiger partial charge is 0.282 e. The van der Waals surface area contributed by atoms with Crippen molar-refractivity contribution in [2.45, 2.75) is 6.92 Å². The summed E-state index contributed by atoms with van der Waals surface area (Å²) in [5, 5.41) is 13.5. The van der Waals surface area contributed by atoms with E-state index in [2.05, 4.69) is 5.32 Å². The lowest BCUT2D eigenvalue weighted by Crippen LogP contribution is -2.14. The van der Waals surface area contributed by atoms with Crippen molar-refractivity contribution < 1.29 is 14.5 Å². The molecule has 0 aliphatic carbocycles. The molecule has 0 unspecified atom stereocenters. The van der Waals surface area contributed by atoms with Crippen molar-refractivity contribution in [3.63, 3.8) is 0 Å². The summed E-state index contributed by atoms with van der Waals surface area (Å²) in [5.41, 5.74) is 0.565. The molecule has 0 aromatic heterocycles. The normalized spacial score (nSPS) is 9.95. The fraction of sp³-hybridized carbons (Fsp3) is 0.0667. The molecule has 0 fully saturated rings. The summed E-state index contributed by atoms with van der Waals surface area (Å²) in [7, 11) is 0. The van der Waals surface area contributed by atoms with Gasteiger partial charge in [-0.3, -0.25) is 19.7 Å². The van der Waals surface area contributed by atoms with E-state index in [1.807, 2.05) is 0 Å². The molecular weight excluding hydrogens is 272 g/mol. The Balaban J connectivity index is 2.28. The van der Waals surface area contributed by atoms with Gasteiger partial charge in [0, 0.05) is 17.3 Å². The molecule has 0 atom stereocenters. The number of carbonyl (C=O) groups is 2. The first-order valence-corrected chi connectivity index (χ1v) is 6.15. The molecule has 2 aromatic carbocycles. The molecule has 0 saturated heterocycles. The van der Waals surface area contributed by atoms with Crippen LogP contribution in [0.2, 0.25) is 0 Å². The molecule has 106 valence electrons. The van der Waals surface area contributed by atoms with Gasteiger partial charge in [-0.05, 0) is 25.1 Å². The lowest BCUT2D eigenvalue weighted by atomic mass is 10.1. The Hall–Kier alpha value is -3.02. The van der Waals surface area contributed by atoms with Gasteiger partial charge in [0.2, 0.25) is 0 Å². The van der Waals surface area contributed by atoms with Crippen LogP contribution in [0.4, 0.5) is 11.4 Å². The number of para-hydroxylation sites is 1. The third kappa shape index (κ3) is 3.30. The van der Waals surface area contributed by atoms with Gasteiger partial charge in [-0.1, -0.05) is 24.3 Å². The Labute approximate surface area is 120 Å². The zero-order chi connectivity index (χ0) is 15.4. The second-order valence-corrected chi connectivity index (χ2v) is 4.37. The van der Waals surface area contributed by atoms with Crippen LogP contribution in [0.25, 0.3) is 0 Å². The SMILES string of the molecule is CC(=O)c1cccc(NC(=O)c2ccccc2[N+](=O)[O-])c1. The van der Waals surface area contributed by atoms with Crippen LogP contribution in [0.3, 0.4) is 0 Å². The highest BCUT2D eigenvalue weighted by atomic mass is 16.6. The van der Waals surface area contributed by atoms with Crippen molar-refractivity contribution in [2.75, 3.05) is 5.32 Å². The monoisotopic (exact) mass is 284 g/mol. The van der Waals surface area contributed by atoms with Crippen molar-refractivity contribution in [2.24, 2.45) is 0 Å². The number of nitro benzene ring substituents is 1. The van der Waals surface area contributed by atoms with E-state index in [4.69, 9.17) is 0 Å². The zero-order valence-corrected chi connectivity index (χ0v) is 11.2. The average Bonchev–Trinajstić information content (AvgIpc) is 2.47. The lowest BCUT2D eigenvalue weighted by Gasteiger charge is -2.06. The number of amides is 1. The topological polar surface area (TPSA) is 89.3 Å². The van der Waals surface area contributed by atoms with Gasteiger partial charge in [0.05, 0.1) is 4.92 Å². The third-order valence-corrected chi connectivity index (χ3v) is 2.87. The van der Waals surface area contributed by atoms with Crippen LogP contribution < -0.4 is 5.32 Å². The summed E-state index contributed by atoms with van der Waals surface area (Å²) in [4.78, 5) is 33.7. The highest BCUT2D eigenvalue weighted by Crippen LogP contribution is 2.20. The fourth-order valence-corrected chi connectivity index (χ4v) is 1.84. The number of ketones is 1. The zero-order valence-electron chi connectivity index (χ0n) is 11.2. The maximum Gasteiger partial charge on any atom is 0.282 e. The highest BCUT2D eigenvalue weighted by Gasteiger charge is 2.19. The van der Waals surface area contributed by atoms with E-state index in [-0.39, 0.29) is 17.0 Å². The molecule has 0 saturated carbocycles. The van der Waals surface area contributed by atoms with Crippen molar-refractivity contribution >= 4 is 23.1 Å². The number of hydrogen-bond acceptors (Lipinski definition) is 4. The Kier molecular flexibility index (Phi) is 4.08. The predicted octanol–water partition coefficient (Wildman–Crippen LogP) is 3.05. The summed E-state index contributed by atoms with van der Waals surface area (Å²) in [6.07, 6.45) is 0. The van der Waals surface area contributed by atoms with Gasteiger partial charge in [-0.25, -0.2) is 0 Å². The van der Waals surface area contributed by atoms with Crippen molar-refractivity contribution in [3.05, 3.63) is 69.8 Å². The number of nitrogens with zero attached hydrogens (tertiary/aromatic N) is 1. The minimum Gasteiger partial charge on any atom is -0.322 e. The van der Waals surface area contributed by atoms with Crippen molar-refractivity contribution in [1.29, 1.82) is 0 Å². The molecule has 0 aliphatic rings. The third-order valence-electron chi connectivity index (χ3n) is 2.87. The van der Waals surface area contributed by atoms with E-state index in [0.29, 0.717) is 11.3 Å². The Morgan fingerprint density at radius 2 is 1.81 bits per heavy atom. The van der Waals surface area contributed by atoms with Crippen LogP contribution in [-0.2, 0) is 0 Å². The van der Waals surface area contributed by atoms with Crippen molar-refractivity contribution in [1.82, 2.24) is 0 Å². The largest absolute Gasteiger partial charge is 0.322 e. The molecular formula is C15H12N2O4. The maximum absolute atomic E-state index is 12.1. The van der Waals surface area contributed by atoms with Gasteiger partial charge in [-0.15, -0.1) is 0 Å². The number of benzene rings is 2. The molecule has 0 heterocycles. The molecule has 2 rings (SSSR count). The number of carbonyl (C=O) groups excluding carboxylic acids is 2. The molecule has 0 aliphatic heterocycles. The first kappa shape index (κ1) is 14.4. The summed E-state index contributed by atoms with van der Waals surface area (Å²) in [5.74, 6) is -0.722. The van der Waals surface area contributed by atoms with E-state index in [1.165, 1.54) is 31.2 Å². The first-order chi connectivity index (χ1) is 9.99. The van der Waals surface area contributed by atoms with E-state index in [1.54, 1.807) is 24.3 Å². The first-order valence-electron chi connectivity index (χ1n) is 6.15. The standard InChI is InChI=1S/C15H12N2O4/c1-10(18)11-5-4-6-12(9-11)16-15(19)13-7-2-3-8-14(13)17(20)21/h2-9H,1H3,(H,16,19). The van der Waals surface area contributed by atoms with Gasteiger partial charge in [0.15, 0.2) is 5.78 Å². The number of hydrogen-bond donors (Lipinski definition) is 1. The van der Waals surface area contributed by atoms with Crippen LogP contribution >= 0.6 is 0 Å². The second-order valence-electron chi connectivity index (χ2n) is 4.37. The average molecular weight is 284 g/mol. The van der Waals surface area contributed by atoms with Crippen LogP contribution in [0.1, 0.15) is 27.6 Å². The number of nitro groups is 1.